The third-order valence-electron chi connectivity index (χ3n) is 4.69. The van der Waals surface area contributed by atoms with Crippen molar-refractivity contribution in [2.24, 2.45) is 0 Å². The summed E-state index contributed by atoms with van der Waals surface area (Å²) in [5, 5.41) is 0. The van der Waals surface area contributed by atoms with Crippen molar-refractivity contribution in [3.05, 3.63) is 71.3 Å². The van der Waals surface area contributed by atoms with E-state index in [1.165, 1.54) is 7.11 Å². The Morgan fingerprint density at radius 3 is 2.58 bits per heavy atom. The molecule has 0 bridgehead atoms. The van der Waals surface area contributed by atoms with Crippen molar-refractivity contribution in [1.29, 1.82) is 0 Å². The van der Waals surface area contributed by atoms with Crippen LogP contribution in [0.5, 0.6) is 0 Å². The molecule has 5 nitrogen and oxygen atoms in total. The Labute approximate surface area is 153 Å². The Morgan fingerprint density at radius 2 is 1.81 bits per heavy atom. The topological polar surface area (TPSA) is 55.8 Å². The summed E-state index contributed by atoms with van der Waals surface area (Å²) in [4.78, 5) is 26.2. The van der Waals surface area contributed by atoms with Gasteiger partial charge in [0.05, 0.1) is 12.7 Å². The summed E-state index contributed by atoms with van der Waals surface area (Å²) in [6.07, 6.45) is 2.15. The summed E-state index contributed by atoms with van der Waals surface area (Å²) in [7, 11) is 1.38. The molecule has 1 amide bonds. The molecule has 1 aliphatic heterocycles. The SMILES string of the molecule is COC(=O)c1ccccc1CC1CCCN1C(=O)OCc1ccccc1. The summed E-state index contributed by atoms with van der Waals surface area (Å²) < 4.78 is 10.3. The van der Waals surface area contributed by atoms with E-state index in [9.17, 15) is 9.59 Å². The number of likely N-dealkylation sites (tertiary alicyclic amines) is 1. The average Bonchev–Trinajstić information content (AvgIpc) is 3.15. The van der Waals surface area contributed by atoms with Crippen LogP contribution in [0.4, 0.5) is 4.79 Å². The fourth-order valence-electron chi connectivity index (χ4n) is 3.35. The number of carbonyl (C=O) groups excluding carboxylic acids is 2. The molecule has 2 aromatic rings. The van der Waals surface area contributed by atoms with Crippen molar-refractivity contribution in [2.75, 3.05) is 13.7 Å². The molecule has 1 aliphatic rings. The van der Waals surface area contributed by atoms with Crippen LogP contribution in [0.25, 0.3) is 0 Å². The second-order valence-electron chi connectivity index (χ2n) is 6.38. The van der Waals surface area contributed by atoms with Crippen LogP contribution >= 0.6 is 0 Å². The fraction of sp³-hybridized carbons (Fsp3) is 0.333. The zero-order valence-corrected chi connectivity index (χ0v) is 14.9. The molecule has 0 spiro atoms. The van der Waals surface area contributed by atoms with E-state index < -0.39 is 0 Å². The second-order valence-corrected chi connectivity index (χ2v) is 6.38. The monoisotopic (exact) mass is 353 g/mol. The minimum Gasteiger partial charge on any atom is -0.465 e. The number of amides is 1. The predicted molar refractivity (Wildman–Crippen MR) is 97.8 cm³/mol. The molecule has 1 atom stereocenters. The Balaban J connectivity index is 1.65. The predicted octanol–water partition coefficient (Wildman–Crippen LogP) is 3.82. The molecule has 1 saturated heterocycles. The van der Waals surface area contributed by atoms with E-state index in [0.29, 0.717) is 18.5 Å². The van der Waals surface area contributed by atoms with E-state index in [-0.39, 0.29) is 24.7 Å². The highest BCUT2D eigenvalue weighted by molar-refractivity contribution is 5.91. The number of ether oxygens (including phenoxy) is 2. The van der Waals surface area contributed by atoms with Gasteiger partial charge in [0.25, 0.3) is 0 Å². The van der Waals surface area contributed by atoms with E-state index in [0.717, 1.165) is 24.0 Å². The number of hydrogen-bond acceptors (Lipinski definition) is 4. The van der Waals surface area contributed by atoms with Crippen LogP contribution in [-0.4, -0.2) is 36.7 Å². The quantitative estimate of drug-likeness (QED) is 0.767. The van der Waals surface area contributed by atoms with Crippen LogP contribution in [0.1, 0.15) is 34.3 Å². The van der Waals surface area contributed by atoms with Crippen LogP contribution in [0, 0.1) is 0 Å². The lowest BCUT2D eigenvalue weighted by Gasteiger charge is -2.24. The van der Waals surface area contributed by atoms with Gasteiger partial charge in [0.1, 0.15) is 6.61 Å². The zero-order valence-electron chi connectivity index (χ0n) is 14.9. The number of methoxy groups -OCH3 is 1. The first kappa shape index (κ1) is 18.0. The molecular formula is C21H23NO4. The van der Waals surface area contributed by atoms with Crippen molar-refractivity contribution in [3.8, 4) is 0 Å². The molecule has 0 radical (unpaired) electrons. The highest BCUT2D eigenvalue weighted by atomic mass is 16.6. The van der Waals surface area contributed by atoms with Gasteiger partial charge in [0, 0.05) is 12.6 Å². The number of nitrogens with zero attached hydrogens (tertiary/aromatic N) is 1. The number of carbonyl (C=O) groups is 2. The van der Waals surface area contributed by atoms with Crippen molar-refractivity contribution >= 4 is 12.1 Å². The molecule has 1 unspecified atom stereocenters. The van der Waals surface area contributed by atoms with E-state index in [4.69, 9.17) is 9.47 Å². The molecule has 5 heteroatoms. The van der Waals surface area contributed by atoms with Gasteiger partial charge < -0.3 is 14.4 Å². The van der Waals surface area contributed by atoms with Crippen LogP contribution in [0.3, 0.4) is 0 Å². The van der Waals surface area contributed by atoms with Gasteiger partial charge in [-0.15, -0.1) is 0 Å². The number of rotatable bonds is 5. The highest BCUT2D eigenvalue weighted by Crippen LogP contribution is 2.24. The highest BCUT2D eigenvalue weighted by Gasteiger charge is 2.31. The Morgan fingerprint density at radius 1 is 1.08 bits per heavy atom. The van der Waals surface area contributed by atoms with Gasteiger partial charge in [-0.25, -0.2) is 9.59 Å². The van der Waals surface area contributed by atoms with E-state index in [2.05, 4.69) is 0 Å². The molecule has 3 rings (SSSR count). The van der Waals surface area contributed by atoms with Crippen molar-refractivity contribution in [3.63, 3.8) is 0 Å². The normalized spacial score (nSPS) is 16.3. The lowest BCUT2D eigenvalue weighted by molar-refractivity contribution is 0.0599. The Kier molecular flexibility index (Phi) is 5.89. The number of benzene rings is 2. The molecule has 136 valence electrons. The molecule has 1 fully saturated rings. The molecule has 0 N–H and O–H groups in total. The summed E-state index contributed by atoms with van der Waals surface area (Å²) in [5.74, 6) is -0.350. The van der Waals surface area contributed by atoms with Crippen LogP contribution in [0.2, 0.25) is 0 Å². The maximum Gasteiger partial charge on any atom is 0.410 e. The summed E-state index contributed by atoms with van der Waals surface area (Å²) >= 11 is 0. The van der Waals surface area contributed by atoms with Crippen LogP contribution < -0.4 is 0 Å². The average molecular weight is 353 g/mol. The van der Waals surface area contributed by atoms with Gasteiger partial charge >= 0.3 is 12.1 Å². The minimum atomic E-state index is -0.350. The van der Waals surface area contributed by atoms with Gasteiger partial charge in [-0.1, -0.05) is 48.5 Å². The van der Waals surface area contributed by atoms with Gasteiger partial charge in [-0.3, -0.25) is 0 Å². The Bertz CT molecular complexity index is 760. The number of esters is 1. The third-order valence-corrected chi connectivity index (χ3v) is 4.69. The Hall–Kier alpha value is -2.82. The van der Waals surface area contributed by atoms with E-state index in [1.807, 2.05) is 48.5 Å². The van der Waals surface area contributed by atoms with Crippen molar-refractivity contribution in [1.82, 2.24) is 4.90 Å². The third kappa shape index (κ3) is 4.23. The minimum absolute atomic E-state index is 0.0316. The second kappa shape index (κ2) is 8.52. The largest absolute Gasteiger partial charge is 0.465 e. The van der Waals surface area contributed by atoms with Crippen molar-refractivity contribution < 1.29 is 19.1 Å². The standard InChI is InChI=1S/C21H23NO4/c1-25-20(23)19-12-6-5-10-17(19)14-18-11-7-13-22(18)21(24)26-15-16-8-3-2-4-9-16/h2-6,8-10,12,18H,7,11,13-15H2,1H3. The van der Waals surface area contributed by atoms with E-state index in [1.54, 1.807) is 11.0 Å². The van der Waals surface area contributed by atoms with Gasteiger partial charge in [0.15, 0.2) is 0 Å². The smallest absolute Gasteiger partial charge is 0.410 e. The molecule has 0 aromatic heterocycles. The summed E-state index contributed by atoms with van der Waals surface area (Å²) in [6.45, 7) is 0.945. The maximum absolute atomic E-state index is 12.5. The first-order valence-electron chi connectivity index (χ1n) is 8.82. The first-order chi connectivity index (χ1) is 12.7. The zero-order chi connectivity index (χ0) is 18.4. The van der Waals surface area contributed by atoms with Crippen LogP contribution in [-0.2, 0) is 22.5 Å². The van der Waals surface area contributed by atoms with Gasteiger partial charge in [-0.05, 0) is 36.5 Å². The van der Waals surface area contributed by atoms with Gasteiger partial charge in [-0.2, -0.15) is 0 Å². The lowest BCUT2D eigenvalue weighted by Crippen LogP contribution is -2.37. The van der Waals surface area contributed by atoms with Crippen molar-refractivity contribution in [2.45, 2.75) is 31.9 Å². The first-order valence-corrected chi connectivity index (χ1v) is 8.82. The lowest BCUT2D eigenvalue weighted by atomic mass is 9.99. The molecule has 0 saturated carbocycles. The molecule has 1 heterocycles. The fourth-order valence-corrected chi connectivity index (χ4v) is 3.35. The summed E-state index contributed by atoms with van der Waals surface area (Å²) in [6, 6.07) is 17.1. The van der Waals surface area contributed by atoms with E-state index >= 15 is 0 Å². The maximum atomic E-state index is 12.5. The molecule has 26 heavy (non-hydrogen) atoms. The van der Waals surface area contributed by atoms with Crippen LogP contribution in [0.15, 0.2) is 54.6 Å². The van der Waals surface area contributed by atoms with Gasteiger partial charge in [0.2, 0.25) is 0 Å². The number of hydrogen-bond donors (Lipinski definition) is 0. The summed E-state index contributed by atoms with van der Waals surface area (Å²) in [5.41, 5.74) is 2.42. The molecule has 0 aliphatic carbocycles. The molecular weight excluding hydrogens is 330 g/mol. The molecule has 2 aromatic carbocycles.